The van der Waals surface area contributed by atoms with E-state index in [1.165, 1.54) is 18.2 Å². The van der Waals surface area contributed by atoms with Gasteiger partial charge in [0, 0.05) is 0 Å². The second-order valence-corrected chi connectivity index (χ2v) is 4.07. The molecule has 0 bridgehead atoms. The number of carbonyl (C=O) groups excluding carboxylic acids is 1. The van der Waals surface area contributed by atoms with E-state index < -0.39 is 41.5 Å². The van der Waals surface area contributed by atoms with Crippen molar-refractivity contribution in [3.8, 4) is 0 Å². The van der Waals surface area contributed by atoms with Crippen molar-refractivity contribution in [3.05, 3.63) is 30.3 Å². The molecule has 0 spiro atoms. The second-order valence-electron chi connectivity index (χ2n) is 4.07. The summed E-state index contributed by atoms with van der Waals surface area (Å²) in [7, 11) is 0. The molecule has 0 aliphatic rings. The number of anilines is 1. The molecule has 0 fully saturated rings. The summed E-state index contributed by atoms with van der Waals surface area (Å²) in [4.78, 5) is 14.6. The van der Waals surface area contributed by atoms with Gasteiger partial charge in [-0.1, -0.05) is 18.2 Å². The van der Waals surface area contributed by atoms with Crippen molar-refractivity contribution in [2.24, 2.45) is 5.73 Å². The van der Waals surface area contributed by atoms with Crippen molar-refractivity contribution >= 4 is 11.7 Å². The first kappa shape index (κ1) is 19.9. The number of carbonyl (C=O) groups is 1. The normalized spacial score (nSPS) is 14.3. The molecule has 0 aliphatic carbocycles. The Labute approximate surface area is 128 Å². The minimum absolute atomic E-state index is 0.401. The van der Waals surface area contributed by atoms with Crippen LogP contribution in [0.2, 0.25) is 0 Å². The molecule has 0 saturated heterocycles. The number of urea groups is 1. The third-order valence-corrected chi connectivity index (χ3v) is 2.25. The van der Waals surface area contributed by atoms with E-state index in [0.717, 1.165) is 12.1 Å². The van der Waals surface area contributed by atoms with Crippen LogP contribution in [0, 0.1) is 0 Å². The maximum atomic E-state index is 13.4. The summed E-state index contributed by atoms with van der Waals surface area (Å²) in [5.74, 6) is 0. The molecule has 0 saturated carbocycles. The van der Waals surface area contributed by atoms with E-state index in [2.05, 4.69) is 9.57 Å². The fourth-order valence-electron chi connectivity index (χ4n) is 1.22. The zero-order chi connectivity index (χ0) is 18.8. The number of amides is 2. The lowest BCUT2D eigenvalue weighted by Gasteiger charge is -2.29. The monoisotopic (exact) mass is 368 g/mol. The van der Waals surface area contributed by atoms with Crippen molar-refractivity contribution in [1.82, 2.24) is 0 Å². The lowest BCUT2D eigenvalue weighted by atomic mass is 10.3. The molecule has 5 nitrogen and oxygen atoms in total. The lowest BCUT2D eigenvalue weighted by molar-refractivity contribution is -0.450. The molecule has 0 aromatic heterocycles. The summed E-state index contributed by atoms with van der Waals surface area (Å²) in [5.41, 5.74) is 4.24. The van der Waals surface area contributed by atoms with Crippen LogP contribution in [0.1, 0.15) is 0 Å². The SMILES string of the molecule is NC(=O)N(OC(F)(F)C(F)OC(F)(F)C(F)(F)F)c1ccccc1. The Morgan fingerprint density at radius 1 is 1.04 bits per heavy atom. The van der Waals surface area contributed by atoms with Crippen LogP contribution in [-0.4, -0.2) is 30.8 Å². The van der Waals surface area contributed by atoms with E-state index in [9.17, 15) is 39.9 Å². The third kappa shape index (κ3) is 4.67. The molecule has 2 amide bonds. The van der Waals surface area contributed by atoms with Gasteiger partial charge in [0.1, 0.15) is 0 Å². The number of rotatable bonds is 6. The number of nitrogens with zero attached hydrogens (tertiary/aromatic N) is 1. The lowest BCUT2D eigenvalue weighted by Crippen LogP contribution is -2.50. The van der Waals surface area contributed by atoms with Crippen molar-refractivity contribution < 1.29 is 49.5 Å². The predicted octanol–water partition coefficient (Wildman–Crippen LogP) is 3.56. The van der Waals surface area contributed by atoms with Crippen molar-refractivity contribution in [2.75, 3.05) is 5.06 Å². The van der Waals surface area contributed by atoms with Gasteiger partial charge in [0.25, 0.3) is 6.36 Å². The number of para-hydroxylation sites is 1. The van der Waals surface area contributed by atoms with Gasteiger partial charge in [0.15, 0.2) is 0 Å². The van der Waals surface area contributed by atoms with Gasteiger partial charge < -0.3 is 5.73 Å². The number of primary amides is 1. The fourth-order valence-corrected chi connectivity index (χ4v) is 1.22. The highest BCUT2D eigenvalue weighted by Crippen LogP contribution is 2.40. The van der Waals surface area contributed by atoms with Crippen LogP contribution < -0.4 is 10.8 Å². The predicted molar refractivity (Wildman–Crippen MR) is 61.5 cm³/mol. The summed E-state index contributed by atoms with van der Waals surface area (Å²) in [5, 5.41) is -0.401. The smallest absolute Gasteiger partial charge is 0.349 e. The maximum absolute atomic E-state index is 13.4. The van der Waals surface area contributed by atoms with Crippen LogP contribution in [0.15, 0.2) is 30.3 Å². The summed E-state index contributed by atoms with van der Waals surface area (Å²) in [6.07, 6.45) is -22.6. The van der Waals surface area contributed by atoms with Crippen molar-refractivity contribution in [1.29, 1.82) is 0 Å². The first-order valence-electron chi connectivity index (χ1n) is 5.76. The number of alkyl halides is 8. The Morgan fingerprint density at radius 2 is 1.54 bits per heavy atom. The Morgan fingerprint density at radius 3 is 1.96 bits per heavy atom. The second kappa shape index (κ2) is 6.76. The molecule has 24 heavy (non-hydrogen) atoms. The Balaban J connectivity index is 2.95. The van der Waals surface area contributed by atoms with E-state index in [-0.39, 0.29) is 0 Å². The molecule has 1 rings (SSSR count). The number of benzene rings is 1. The summed E-state index contributed by atoms with van der Waals surface area (Å²) < 4.78 is 103. The van der Waals surface area contributed by atoms with Crippen LogP contribution in [0.3, 0.4) is 0 Å². The van der Waals surface area contributed by atoms with E-state index in [1.54, 1.807) is 0 Å². The number of halogens is 8. The van der Waals surface area contributed by atoms with Gasteiger partial charge in [0.05, 0.1) is 5.69 Å². The maximum Gasteiger partial charge on any atom is 0.483 e. The molecule has 2 N–H and O–H groups in total. The summed E-state index contributed by atoms with van der Waals surface area (Å²) >= 11 is 0. The number of nitrogens with two attached hydrogens (primary N) is 1. The first-order valence-corrected chi connectivity index (χ1v) is 5.76. The van der Waals surface area contributed by atoms with Crippen molar-refractivity contribution in [3.63, 3.8) is 0 Å². The minimum Gasteiger partial charge on any atom is -0.349 e. The molecule has 1 aromatic rings. The number of hydroxylamine groups is 1. The largest absolute Gasteiger partial charge is 0.483 e. The Hall–Kier alpha value is -2.15. The number of hydrogen-bond acceptors (Lipinski definition) is 3. The molecule has 0 heterocycles. The highest BCUT2D eigenvalue weighted by molar-refractivity contribution is 5.88. The van der Waals surface area contributed by atoms with Gasteiger partial charge >= 0.3 is 24.4 Å². The van der Waals surface area contributed by atoms with Crippen LogP contribution in [0.25, 0.3) is 0 Å². The fraction of sp³-hybridized carbons (Fsp3) is 0.364. The average Bonchev–Trinajstić information content (AvgIpc) is 2.43. The quantitative estimate of drug-likeness (QED) is 0.617. The van der Waals surface area contributed by atoms with E-state index in [0.29, 0.717) is 0 Å². The molecular weight excluding hydrogens is 360 g/mol. The van der Waals surface area contributed by atoms with Gasteiger partial charge in [-0.15, -0.1) is 0 Å². The van der Waals surface area contributed by atoms with Crippen LogP contribution in [0.4, 0.5) is 45.6 Å². The molecule has 1 unspecified atom stereocenters. The van der Waals surface area contributed by atoms with E-state index in [4.69, 9.17) is 5.73 Å². The first-order chi connectivity index (χ1) is 10.8. The summed E-state index contributed by atoms with van der Waals surface area (Å²) in [6.45, 7) is 0. The molecule has 136 valence electrons. The highest BCUT2D eigenvalue weighted by atomic mass is 19.4. The van der Waals surface area contributed by atoms with Gasteiger partial charge in [-0.05, 0) is 12.1 Å². The Kier molecular flexibility index (Phi) is 5.61. The third-order valence-electron chi connectivity index (χ3n) is 2.25. The van der Waals surface area contributed by atoms with Crippen LogP contribution in [-0.2, 0) is 9.57 Å². The van der Waals surface area contributed by atoms with Gasteiger partial charge in [-0.2, -0.15) is 40.6 Å². The average molecular weight is 368 g/mol. The zero-order valence-electron chi connectivity index (χ0n) is 11.2. The summed E-state index contributed by atoms with van der Waals surface area (Å²) in [6, 6.07) is 4.06. The van der Waals surface area contributed by atoms with Crippen molar-refractivity contribution in [2.45, 2.75) is 24.8 Å². The van der Waals surface area contributed by atoms with Crippen LogP contribution in [0.5, 0.6) is 0 Å². The molecule has 0 radical (unpaired) electrons. The zero-order valence-corrected chi connectivity index (χ0v) is 11.2. The Bertz CT molecular complexity index is 566. The molecule has 0 aliphatic heterocycles. The topological polar surface area (TPSA) is 64.8 Å². The molecule has 1 atom stereocenters. The van der Waals surface area contributed by atoms with E-state index in [1.807, 2.05) is 0 Å². The standard InChI is InChI=1S/C11H8F8N2O3/c12-7(23-11(18,19)10(15,16)17)9(13,14)24-21(8(20)22)6-4-2-1-3-5-6/h1-5,7H,(H2,20,22). The molecule has 13 heteroatoms. The molecular formula is C11H8F8N2O3. The number of hydrogen-bond donors (Lipinski definition) is 1. The van der Waals surface area contributed by atoms with E-state index >= 15 is 0 Å². The van der Waals surface area contributed by atoms with Gasteiger partial charge in [-0.3, -0.25) is 4.74 Å². The number of ether oxygens (including phenoxy) is 1. The highest BCUT2D eigenvalue weighted by Gasteiger charge is 2.64. The minimum atomic E-state index is -6.45. The van der Waals surface area contributed by atoms with Gasteiger partial charge in [-0.25, -0.2) is 9.18 Å². The van der Waals surface area contributed by atoms with Crippen LogP contribution >= 0.6 is 0 Å². The molecule has 1 aromatic carbocycles. The van der Waals surface area contributed by atoms with Gasteiger partial charge in [0.2, 0.25) is 0 Å².